The van der Waals surface area contributed by atoms with Crippen LogP contribution in [0.3, 0.4) is 0 Å². The van der Waals surface area contributed by atoms with E-state index in [2.05, 4.69) is 22.0 Å². The van der Waals surface area contributed by atoms with Gasteiger partial charge in [0, 0.05) is 31.5 Å². The zero-order valence-corrected chi connectivity index (χ0v) is 13.9. The number of benzene rings is 1. The molecule has 3 aromatic rings. The molecule has 0 bridgehead atoms. The second-order valence-electron chi connectivity index (χ2n) is 6.19. The van der Waals surface area contributed by atoms with E-state index in [1.165, 1.54) is 25.9 Å². The van der Waals surface area contributed by atoms with Gasteiger partial charge in [-0.25, -0.2) is 9.97 Å². The van der Waals surface area contributed by atoms with Gasteiger partial charge >= 0.3 is 0 Å². The van der Waals surface area contributed by atoms with Gasteiger partial charge in [-0.3, -0.25) is 0 Å². The van der Waals surface area contributed by atoms with Gasteiger partial charge in [-0.05, 0) is 24.3 Å². The first kappa shape index (κ1) is 14.7. The molecule has 1 aliphatic rings. The Hall–Kier alpha value is -1.91. The number of aromatic nitrogens is 3. The van der Waals surface area contributed by atoms with E-state index in [0.717, 1.165) is 28.2 Å². The van der Waals surface area contributed by atoms with Crippen LogP contribution in [0, 0.1) is 0 Å². The zero-order valence-electron chi connectivity index (χ0n) is 13.2. The van der Waals surface area contributed by atoms with E-state index in [0.29, 0.717) is 10.9 Å². The van der Waals surface area contributed by atoms with E-state index in [9.17, 15) is 0 Å². The highest BCUT2D eigenvalue weighted by Crippen LogP contribution is 2.31. The largest absolute Gasteiger partial charge is 0.346 e. The molecule has 1 aliphatic heterocycles. The topological polar surface area (TPSA) is 47.3 Å². The number of nitrogens with zero attached hydrogens (tertiary/aromatic N) is 3. The normalized spacial score (nSPS) is 16.1. The summed E-state index contributed by atoms with van der Waals surface area (Å²) in [7, 11) is 2.02. The lowest BCUT2D eigenvalue weighted by molar-refractivity contribution is -0.663. The minimum atomic E-state index is 0.533. The fourth-order valence-electron chi connectivity index (χ4n) is 3.42. The Morgan fingerprint density at radius 1 is 1.09 bits per heavy atom. The third kappa shape index (κ3) is 2.62. The van der Waals surface area contributed by atoms with Crippen molar-refractivity contribution in [2.24, 2.45) is 7.05 Å². The molecule has 0 aliphatic carbocycles. The molecule has 118 valence electrons. The van der Waals surface area contributed by atoms with E-state index in [4.69, 9.17) is 21.6 Å². The highest BCUT2D eigenvalue weighted by molar-refractivity contribution is 6.32. The van der Waals surface area contributed by atoms with Crippen molar-refractivity contribution in [3.8, 4) is 11.5 Å². The summed E-state index contributed by atoms with van der Waals surface area (Å²) in [6.07, 6.45) is 2.35. The molecular weight excluding hydrogens is 308 g/mol. The number of pyridine rings is 1. The summed E-state index contributed by atoms with van der Waals surface area (Å²) in [5, 5.41) is 3.04. The summed E-state index contributed by atoms with van der Waals surface area (Å²) in [6, 6.07) is 12.2. The number of fused-ring (bicyclic) bond motifs is 1. The van der Waals surface area contributed by atoms with Gasteiger partial charge in [-0.15, -0.1) is 0 Å². The van der Waals surface area contributed by atoms with Crippen molar-refractivity contribution >= 4 is 22.6 Å². The molecular formula is C18H20ClN4+. The predicted octanol–water partition coefficient (Wildman–Crippen LogP) is 2.73. The van der Waals surface area contributed by atoms with Crippen LogP contribution in [-0.2, 0) is 7.05 Å². The maximum atomic E-state index is 6.45. The number of rotatable bonds is 2. The van der Waals surface area contributed by atoms with Gasteiger partial charge in [0.2, 0.25) is 0 Å². The van der Waals surface area contributed by atoms with E-state index in [-0.39, 0.29) is 0 Å². The summed E-state index contributed by atoms with van der Waals surface area (Å²) < 4.78 is 2.07. The molecule has 0 spiro atoms. The minimum absolute atomic E-state index is 0.533. The van der Waals surface area contributed by atoms with Crippen LogP contribution in [0.5, 0.6) is 0 Å². The highest BCUT2D eigenvalue weighted by Gasteiger charge is 2.21. The predicted molar refractivity (Wildman–Crippen MR) is 92.6 cm³/mol. The molecule has 0 radical (unpaired) electrons. The Bertz CT molecular complexity index is 849. The van der Waals surface area contributed by atoms with Crippen molar-refractivity contribution in [1.29, 1.82) is 0 Å². The third-order valence-corrected chi connectivity index (χ3v) is 5.03. The summed E-state index contributed by atoms with van der Waals surface area (Å²) in [5.41, 5.74) is 4.00. The highest BCUT2D eigenvalue weighted by atomic mass is 35.5. The molecule has 0 atom stereocenters. The first-order valence-electron chi connectivity index (χ1n) is 8.14. The first-order valence-corrected chi connectivity index (χ1v) is 8.52. The Morgan fingerprint density at radius 3 is 2.65 bits per heavy atom. The van der Waals surface area contributed by atoms with Gasteiger partial charge in [-0.2, -0.15) is 0 Å². The van der Waals surface area contributed by atoms with Crippen molar-refractivity contribution in [1.82, 2.24) is 14.5 Å². The van der Waals surface area contributed by atoms with Gasteiger partial charge < -0.3 is 9.88 Å². The van der Waals surface area contributed by atoms with Crippen LogP contribution in [0.25, 0.3) is 22.6 Å². The lowest BCUT2D eigenvalue weighted by atomic mass is 9.94. The Labute approximate surface area is 140 Å². The molecule has 4 nitrogen and oxygen atoms in total. The van der Waals surface area contributed by atoms with Gasteiger partial charge in [-0.1, -0.05) is 23.7 Å². The molecule has 0 amide bonds. The fraction of sp³-hybridized carbons (Fsp3) is 0.333. The van der Waals surface area contributed by atoms with Gasteiger partial charge in [0.1, 0.15) is 5.69 Å². The summed E-state index contributed by atoms with van der Waals surface area (Å²) in [4.78, 5) is 9.63. The molecule has 2 N–H and O–H groups in total. The van der Waals surface area contributed by atoms with Gasteiger partial charge in [0.05, 0.1) is 29.1 Å². The number of nitrogens with two attached hydrogens (primary N) is 1. The van der Waals surface area contributed by atoms with Crippen LogP contribution < -0.4 is 5.32 Å². The number of piperidine rings is 1. The zero-order chi connectivity index (χ0) is 15.8. The molecule has 3 heterocycles. The maximum Gasteiger partial charge on any atom is 0.161 e. The van der Waals surface area contributed by atoms with Crippen LogP contribution in [0.1, 0.15) is 24.5 Å². The first-order chi connectivity index (χ1) is 11.2. The van der Waals surface area contributed by atoms with Crippen LogP contribution >= 0.6 is 11.6 Å². The minimum Gasteiger partial charge on any atom is -0.346 e. The van der Waals surface area contributed by atoms with Crippen LogP contribution in [-0.4, -0.2) is 27.6 Å². The van der Waals surface area contributed by atoms with Crippen molar-refractivity contribution < 1.29 is 5.32 Å². The van der Waals surface area contributed by atoms with Gasteiger partial charge in [0.25, 0.3) is 0 Å². The van der Waals surface area contributed by atoms with Crippen LogP contribution in [0.4, 0.5) is 0 Å². The number of hydrogen-bond donors (Lipinski definition) is 1. The summed E-state index contributed by atoms with van der Waals surface area (Å²) in [5.74, 6) is 1.37. The summed E-state index contributed by atoms with van der Waals surface area (Å²) >= 11 is 6.45. The molecule has 23 heavy (non-hydrogen) atoms. The lowest BCUT2D eigenvalue weighted by Crippen LogP contribution is -2.86. The van der Waals surface area contributed by atoms with E-state index >= 15 is 0 Å². The molecule has 5 heteroatoms. The molecule has 1 aromatic carbocycles. The number of hydrogen-bond acceptors (Lipinski definition) is 2. The number of imidazole rings is 1. The smallest absolute Gasteiger partial charge is 0.161 e. The average Bonchev–Trinajstić information content (AvgIpc) is 2.93. The van der Waals surface area contributed by atoms with Gasteiger partial charge in [0.15, 0.2) is 5.82 Å². The van der Waals surface area contributed by atoms with Crippen LogP contribution in [0.2, 0.25) is 5.02 Å². The molecule has 2 aromatic heterocycles. The van der Waals surface area contributed by atoms with E-state index in [1.807, 2.05) is 31.3 Å². The third-order valence-electron chi connectivity index (χ3n) is 4.72. The van der Waals surface area contributed by atoms with E-state index in [1.54, 1.807) is 0 Å². The maximum absolute atomic E-state index is 6.45. The molecule has 0 saturated carbocycles. The Kier molecular flexibility index (Phi) is 3.79. The average molecular weight is 328 g/mol. The molecule has 1 saturated heterocycles. The van der Waals surface area contributed by atoms with Crippen LogP contribution in [0.15, 0.2) is 36.4 Å². The molecule has 1 fully saturated rings. The van der Waals surface area contributed by atoms with Crippen molar-refractivity contribution in [2.45, 2.75) is 18.8 Å². The fourth-order valence-corrected chi connectivity index (χ4v) is 3.61. The lowest BCUT2D eigenvalue weighted by Gasteiger charge is -2.20. The second kappa shape index (κ2) is 5.95. The number of aryl methyl sites for hydroxylation is 1. The molecule has 4 rings (SSSR count). The van der Waals surface area contributed by atoms with Crippen molar-refractivity contribution in [2.75, 3.05) is 13.1 Å². The number of para-hydroxylation sites is 2. The van der Waals surface area contributed by atoms with E-state index < -0.39 is 0 Å². The van der Waals surface area contributed by atoms with Crippen molar-refractivity contribution in [3.63, 3.8) is 0 Å². The van der Waals surface area contributed by atoms with Crippen molar-refractivity contribution in [3.05, 3.63) is 47.1 Å². The molecule has 0 unspecified atom stereocenters. The quantitative estimate of drug-likeness (QED) is 0.786. The number of quaternary nitrogens is 1. The SMILES string of the molecule is Cn1c(-c2nc(C3CC[NH2+]CC3)ccc2Cl)nc2ccccc21. The Balaban J connectivity index is 1.81. The monoisotopic (exact) mass is 327 g/mol. The standard InChI is InChI=1S/C18H19ClN4/c1-23-16-5-3-2-4-15(16)22-18(23)17-13(19)6-7-14(21-17)12-8-10-20-11-9-12/h2-7,12,20H,8-11H2,1H3/p+1. The second-order valence-corrected chi connectivity index (χ2v) is 6.60. The number of halogens is 1. The Morgan fingerprint density at radius 2 is 1.87 bits per heavy atom. The summed E-state index contributed by atoms with van der Waals surface area (Å²) in [6.45, 7) is 2.35.